The van der Waals surface area contributed by atoms with Gasteiger partial charge in [-0.2, -0.15) is 0 Å². The molecule has 0 aliphatic rings. The molecule has 4 heteroatoms. The normalized spacial score (nSPS) is 14.2. The molecule has 0 saturated heterocycles. The zero-order valence-electron chi connectivity index (χ0n) is 11.9. The van der Waals surface area contributed by atoms with E-state index >= 15 is 0 Å². The van der Waals surface area contributed by atoms with Gasteiger partial charge >= 0.3 is 5.97 Å². The molecule has 0 bridgehead atoms. The second kappa shape index (κ2) is 11.8. The number of hydrogen-bond donors (Lipinski definition) is 0. The summed E-state index contributed by atoms with van der Waals surface area (Å²) in [6.07, 6.45) is 4.43. The van der Waals surface area contributed by atoms with Crippen LogP contribution in [0.15, 0.2) is 0 Å². The molecule has 0 aromatic heterocycles. The summed E-state index contributed by atoms with van der Waals surface area (Å²) in [5, 5.41) is -0.103. The van der Waals surface area contributed by atoms with Gasteiger partial charge in [0.1, 0.15) is 0 Å². The standard InChI is InChI=1S/C14H27FO2S/c1-4-6-10-17-14(16)12(3)18-11-8-7-9-13(15)5-2/h12-13H,4-11H2,1-3H3. The third kappa shape index (κ3) is 9.75. The summed E-state index contributed by atoms with van der Waals surface area (Å²) in [4.78, 5) is 11.5. The Kier molecular flexibility index (Phi) is 11.7. The van der Waals surface area contributed by atoms with Gasteiger partial charge in [-0.15, -0.1) is 11.8 Å². The molecular formula is C14H27FO2S. The monoisotopic (exact) mass is 278 g/mol. The smallest absolute Gasteiger partial charge is 0.318 e. The van der Waals surface area contributed by atoms with Gasteiger partial charge in [0.05, 0.1) is 18.0 Å². The zero-order valence-corrected chi connectivity index (χ0v) is 12.7. The predicted octanol–water partition coefficient (Wildman–Crippen LogP) is 4.37. The van der Waals surface area contributed by atoms with Crippen LogP contribution >= 0.6 is 11.8 Å². The number of unbranched alkanes of at least 4 members (excludes halogenated alkanes) is 2. The van der Waals surface area contributed by atoms with Crippen molar-refractivity contribution in [2.45, 2.75) is 70.7 Å². The van der Waals surface area contributed by atoms with Crippen LogP contribution < -0.4 is 0 Å². The van der Waals surface area contributed by atoms with Crippen LogP contribution in [0.3, 0.4) is 0 Å². The average Bonchev–Trinajstić information content (AvgIpc) is 2.37. The van der Waals surface area contributed by atoms with Crippen molar-refractivity contribution in [2.24, 2.45) is 0 Å². The summed E-state index contributed by atoms with van der Waals surface area (Å²) < 4.78 is 18.1. The Labute approximate surface area is 115 Å². The molecule has 0 spiro atoms. The number of ether oxygens (including phenoxy) is 1. The zero-order chi connectivity index (χ0) is 13.8. The fourth-order valence-corrected chi connectivity index (χ4v) is 2.36. The molecule has 0 aliphatic heterocycles. The summed E-state index contributed by atoms with van der Waals surface area (Å²) >= 11 is 1.60. The minimum Gasteiger partial charge on any atom is -0.465 e. The van der Waals surface area contributed by atoms with Gasteiger partial charge in [0.2, 0.25) is 0 Å². The van der Waals surface area contributed by atoms with Gasteiger partial charge in [0.15, 0.2) is 0 Å². The topological polar surface area (TPSA) is 26.3 Å². The Morgan fingerprint density at radius 1 is 1.28 bits per heavy atom. The maximum absolute atomic E-state index is 12.9. The lowest BCUT2D eigenvalue weighted by molar-refractivity contribution is -0.142. The van der Waals surface area contributed by atoms with Gasteiger partial charge in [-0.3, -0.25) is 4.79 Å². The molecule has 0 aliphatic carbocycles. The highest BCUT2D eigenvalue weighted by molar-refractivity contribution is 8.00. The van der Waals surface area contributed by atoms with Crippen LogP contribution in [-0.2, 0) is 9.53 Å². The maximum Gasteiger partial charge on any atom is 0.318 e. The van der Waals surface area contributed by atoms with Crippen molar-refractivity contribution in [3.05, 3.63) is 0 Å². The van der Waals surface area contributed by atoms with Crippen molar-refractivity contribution in [1.82, 2.24) is 0 Å². The van der Waals surface area contributed by atoms with Gasteiger partial charge in [-0.1, -0.05) is 20.3 Å². The predicted molar refractivity (Wildman–Crippen MR) is 76.8 cm³/mol. The minimum absolute atomic E-state index is 0.103. The lowest BCUT2D eigenvalue weighted by Gasteiger charge is -2.11. The van der Waals surface area contributed by atoms with Crippen LogP contribution in [0.4, 0.5) is 4.39 Å². The number of halogens is 1. The van der Waals surface area contributed by atoms with E-state index in [-0.39, 0.29) is 11.2 Å². The molecule has 0 aromatic carbocycles. The molecule has 0 N–H and O–H groups in total. The highest BCUT2D eigenvalue weighted by atomic mass is 32.2. The molecule has 2 atom stereocenters. The van der Waals surface area contributed by atoms with Gasteiger partial charge in [0, 0.05) is 0 Å². The Morgan fingerprint density at radius 3 is 2.61 bits per heavy atom. The number of esters is 1. The van der Waals surface area contributed by atoms with Crippen molar-refractivity contribution in [3.63, 3.8) is 0 Å². The van der Waals surface area contributed by atoms with Crippen molar-refractivity contribution in [2.75, 3.05) is 12.4 Å². The summed E-state index contributed by atoms with van der Waals surface area (Å²) in [6, 6.07) is 0. The van der Waals surface area contributed by atoms with Gasteiger partial charge in [-0.05, 0) is 44.8 Å². The Hall–Kier alpha value is -0.250. The molecule has 0 heterocycles. The molecule has 0 amide bonds. The molecule has 108 valence electrons. The Balaban J connectivity index is 3.45. The number of thioether (sulfide) groups is 1. The van der Waals surface area contributed by atoms with Crippen LogP contribution in [0.5, 0.6) is 0 Å². The molecule has 2 unspecified atom stereocenters. The van der Waals surface area contributed by atoms with Crippen LogP contribution in [-0.4, -0.2) is 29.8 Å². The molecule has 0 rings (SSSR count). The third-order valence-corrected chi connectivity index (χ3v) is 4.01. The highest BCUT2D eigenvalue weighted by Crippen LogP contribution is 2.16. The van der Waals surface area contributed by atoms with Gasteiger partial charge < -0.3 is 4.74 Å². The van der Waals surface area contributed by atoms with Crippen LogP contribution in [0.1, 0.15) is 59.3 Å². The SMILES string of the molecule is CCCCOC(=O)C(C)SCCCCC(F)CC. The van der Waals surface area contributed by atoms with E-state index in [1.54, 1.807) is 11.8 Å². The van der Waals surface area contributed by atoms with Crippen molar-refractivity contribution >= 4 is 17.7 Å². The van der Waals surface area contributed by atoms with E-state index in [0.717, 1.165) is 31.4 Å². The number of carbonyl (C=O) groups excluding carboxylic acids is 1. The minimum atomic E-state index is -0.661. The number of carbonyl (C=O) groups is 1. The molecule has 0 saturated carbocycles. The first-order valence-electron chi connectivity index (χ1n) is 7.04. The second-order valence-electron chi connectivity index (χ2n) is 4.54. The van der Waals surface area contributed by atoms with Crippen molar-refractivity contribution in [3.8, 4) is 0 Å². The van der Waals surface area contributed by atoms with E-state index in [1.165, 1.54) is 0 Å². The largest absolute Gasteiger partial charge is 0.465 e. The maximum atomic E-state index is 12.9. The fraction of sp³-hybridized carbons (Fsp3) is 0.929. The lowest BCUT2D eigenvalue weighted by Crippen LogP contribution is -2.18. The summed E-state index contributed by atoms with van der Waals surface area (Å²) in [5.74, 6) is 0.783. The van der Waals surface area contributed by atoms with Crippen LogP contribution in [0, 0.1) is 0 Å². The van der Waals surface area contributed by atoms with Gasteiger partial charge in [-0.25, -0.2) is 4.39 Å². The van der Waals surface area contributed by atoms with E-state index in [1.807, 2.05) is 13.8 Å². The first kappa shape index (κ1) is 17.8. The summed E-state index contributed by atoms with van der Waals surface area (Å²) in [7, 11) is 0. The molecule has 2 nitrogen and oxygen atoms in total. The van der Waals surface area contributed by atoms with Crippen molar-refractivity contribution < 1.29 is 13.9 Å². The lowest BCUT2D eigenvalue weighted by atomic mass is 10.1. The fourth-order valence-electron chi connectivity index (χ4n) is 1.43. The Bertz CT molecular complexity index is 212. The number of hydrogen-bond acceptors (Lipinski definition) is 3. The summed E-state index contributed by atoms with van der Waals surface area (Å²) in [6.45, 7) is 6.34. The van der Waals surface area contributed by atoms with E-state index in [0.29, 0.717) is 19.4 Å². The quantitative estimate of drug-likeness (QED) is 0.415. The molecule has 0 aromatic rings. The third-order valence-electron chi connectivity index (χ3n) is 2.80. The van der Waals surface area contributed by atoms with E-state index in [9.17, 15) is 9.18 Å². The molecular weight excluding hydrogens is 251 g/mol. The van der Waals surface area contributed by atoms with Crippen LogP contribution in [0.25, 0.3) is 0 Å². The number of alkyl halides is 1. The Morgan fingerprint density at radius 2 is 2.00 bits per heavy atom. The van der Waals surface area contributed by atoms with E-state index in [2.05, 4.69) is 6.92 Å². The molecule has 0 fully saturated rings. The van der Waals surface area contributed by atoms with Gasteiger partial charge in [0.25, 0.3) is 0 Å². The van der Waals surface area contributed by atoms with E-state index < -0.39 is 6.17 Å². The second-order valence-corrected chi connectivity index (χ2v) is 5.98. The molecule has 0 radical (unpaired) electrons. The first-order chi connectivity index (χ1) is 8.61. The average molecular weight is 278 g/mol. The van der Waals surface area contributed by atoms with Crippen molar-refractivity contribution in [1.29, 1.82) is 0 Å². The molecule has 18 heavy (non-hydrogen) atoms. The van der Waals surface area contributed by atoms with Crippen LogP contribution in [0.2, 0.25) is 0 Å². The highest BCUT2D eigenvalue weighted by Gasteiger charge is 2.14. The first-order valence-corrected chi connectivity index (χ1v) is 8.09. The summed E-state index contributed by atoms with van der Waals surface area (Å²) in [5.41, 5.74) is 0. The van der Waals surface area contributed by atoms with E-state index in [4.69, 9.17) is 4.74 Å². The number of rotatable bonds is 11.